The molecule has 0 aromatic heterocycles. The molecule has 1 aromatic rings. The molecule has 4 nitrogen and oxygen atoms in total. The second-order valence-corrected chi connectivity index (χ2v) is 6.11. The zero-order chi connectivity index (χ0) is 17.7. The van der Waals surface area contributed by atoms with E-state index in [9.17, 15) is 0 Å². The number of benzene rings is 1. The van der Waals surface area contributed by atoms with E-state index in [1.807, 2.05) is 24.3 Å². The first kappa shape index (κ1) is 19.3. The largest absolute Gasteiger partial charge is 0.497 e. The van der Waals surface area contributed by atoms with Crippen LogP contribution in [0.1, 0.15) is 24.8 Å². The van der Waals surface area contributed by atoms with E-state index in [4.69, 9.17) is 9.47 Å². The van der Waals surface area contributed by atoms with Gasteiger partial charge in [-0.3, -0.25) is 0 Å². The number of unbranched alkanes of at least 4 members (excludes halogenated alkanes) is 1. The summed E-state index contributed by atoms with van der Waals surface area (Å²) in [6.45, 7) is 3.94. The van der Waals surface area contributed by atoms with Crippen molar-refractivity contribution < 1.29 is 9.47 Å². The summed E-state index contributed by atoms with van der Waals surface area (Å²) in [6.07, 6.45) is 11.7. The third kappa shape index (κ3) is 7.59. The number of hydrogen-bond acceptors (Lipinski definition) is 4. The fourth-order valence-corrected chi connectivity index (χ4v) is 2.64. The lowest BCUT2D eigenvalue weighted by molar-refractivity contribution is 0.307. The van der Waals surface area contributed by atoms with Crippen LogP contribution in [-0.2, 0) is 11.3 Å². The Hall–Kier alpha value is -2.04. The Morgan fingerprint density at radius 2 is 1.60 bits per heavy atom. The van der Waals surface area contributed by atoms with Gasteiger partial charge in [0.15, 0.2) is 0 Å². The van der Waals surface area contributed by atoms with Crippen LogP contribution in [0.3, 0.4) is 0 Å². The zero-order valence-corrected chi connectivity index (χ0v) is 15.4. The molecule has 0 atom stereocenters. The van der Waals surface area contributed by atoms with Gasteiger partial charge < -0.3 is 20.1 Å². The number of methoxy groups -OCH3 is 2. The third-order valence-corrected chi connectivity index (χ3v) is 4.18. The minimum atomic E-state index is 0.906. The van der Waals surface area contributed by atoms with Crippen LogP contribution >= 0.6 is 0 Å². The molecule has 0 radical (unpaired) electrons. The summed E-state index contributed by atoms with van der Waals surface area (Å²) in [7, 11) is 3.40. The van der Waals surface area contributed by atoms with Crippen LogP contribution in [0.25, 0.3) is 0 Å². The molecule has 0 heterocycles. The molecule has 25 heavy (non-hydrogen) atoms. The maximum Gasteiger partial charge on any atom is 0.118 e. The Balaban J connectivity index is 1.50. The van der Waals surface area contributed by atoms with E-state index in [-0.39, 0.29) is 0 Å². The molecule has 136 valence electrons. The summed E-state index contributed by atoms with van der Waals surface area (Å²) < 4.78 is 10.4. The fraction of sp³-hybridized carbons (Fsp3) is 0.429. The molecule has 1 aliphatic rings. The maximum absolute atomic E-state index is 5.24. The van der Waals surface area contributed by atoms with E-state index in [1.54, 1.807) is 14.2 Å². The van der Waals surface area contributed by atoms with Gasteiger partial charge in [0.2, 0.25) is 0 Å². The predicted molar refractivity (Wildman–Crippen MR) is 104 cm³/mol. The average molecular weight is 342 g/mol. The van der Waals surface area contributed by atoms with Gasteiger partial charge in [0, 0.05) is 13.1 Å². The van der Waals surface area contributed by atoms with E-state index >= 15 is 0 Å². The van der Waals surface area contributed by atoms with E-state index in [1.165, 1.54) is 24.0 Å². The summed E-state index contributed by atoms with van der Waals surface area (Å²) in [5.41, 5.74) is 2.68. The lowest BCUT2D eigenvalue weighted by atomic mass is 10.2. The van der Waals surface area contributed by atoms with Crippen LogP contribution in [0.5, 0.6) is 5.75 Å². The molecule has 0 amide bonds. The first-order valence-electron chi connectivity index (χ1n) is 8.96. The summed E-state index contributed by atoms with van der Waals surface area (Å²) in [6, 6.07) is 8.21. The molecule has 0 unspecified atom stereocenters. The van der Waals surface area contributed by atoms with E-state index < -0.39 is 0 Å². The second kappa shape index (κ2) is 11.5. The number of ether oxygens (including phenoxy) is 2. The molecular weight excluding hydrogens is 312 g/mol. The Labute approximate surface area is 151 Å². The van der Waals surface area contributed by atoms with Crippen LogP contribution in [0.4, 0.5) is 0 Å². The first-order chi connectivity index (χ1) is 12.3. The molecule has 1 aliphatic carbocycles. The lowest BCUT2D eigenvalue weighted by Crippen LogP contribution is -2.20. The quantitative estimate of drug-likeness (QED) is 0.603. The monoisotopic (exact) mass is 342 g/mol. The van der Waals surface area contributed by atoms with Crippen molar-refractivity contribution in [1.29, 1.82) is 0 Å². The first-order valence-corrected chi connectivity index (χ1v) is 8.96. The maximum atomic E-state index is 5.24. The van der Waals surface area contributed by atoms with Crippen molar-refractivity contribution in [1.82, 2.24) is 10.6 Å². The summed E-state index contributed by atoms with van der Waals surface area (Å²) >= 11 is 0. The van der Waals surface area contributed by atoms with Crippen molar-refractivity contribution >= 4 is 0 Å². The molecule has 0 bridgehead atoms. The molecule has 1 aromatic carbocycles. The highest BCUT2D eigenvalue weighted by Gasteiger charge is 1.99. The Bertz CT molecular complexity index is 588. The Kier molecular flexibility index (Phi) is 8.87. The van der Waals surface area contributed by atoms with Crippen molar-refractivity contribution in [3.05, 3.63) is 65.5 Å². The summed E-state index contributed by atoms with van der Waals surface area (Å²) in [4.78, 5) is 0. The fourth-order valence-electron chi connectivity index (χ4n) is 2.64. The standard InChI is InChI=1S/C21H30N2O2/c1-24-20-7-5-6-18(8-11-20)16-22-14-3-4-15-23-17-19-9-12-21(25-2)13-10-19/h5,7-13,22-23H,3-4,6,14-17H2,1-2H3. The normalized spacial score (nSPS) is 13.8. The van der Waals surface area contributed by atoms with Crippen LogP contribution in [-0.4, -0.2) is 33.9 Å². The van der Waals surface area contributed by atoms with Gasteiger partial charge in [-0.2, -0.15) is 0 Å². The van der Waals surface area contributed by atoms with Gasteiger partial charge in [-0.05, 0) is 62.2 Å². The highest BCUT2D eigenvalue weighted by atomic mass is 16.5. The summed E-state index contributed by atoms with van der Waals surface area (Å²) in [5.74, 6) is 1.82. The van der Waals surface area contributed by atoms with Crippen molar-refractivity contribution in [3.63, 3.8) is 0 Å². The lowest BCUT2D eigenvalue weighted by Gasteiger charge is -2.08. The molecule has 2 N–H and O–H groups in total. The van der Waals surface area contributed by atoms with Gasteiger partial charge in [-0.15, -0.1) is 0 Å². The van der Waals surface area contributed by atoms with E-state index in [0.717, 1.165) is 44.1 Å². The third-order valence-electron chi connectivity index (χ3n) is 4.18. The van der Waals surface area contributed by atoms with Crippen LogP contribution < -0.4 is 15.4 Å². The molecule has 0 aliphatic heterocycles. The minimum absolute atomic E-state index is 0.906. The van der Waals surface area contributed by atoms with E-state index in [0.29, 0.717) is 0 Å². The summed E-state index contributed by atoms with van der Waals surface area (Å²) in [5, 5.41) is 7.01. The SMILES string of the molecule is COC1=CC=C(CNCCCCNCc2ccc(OC)cc2)CC=C1. The smallest absolute Gasteiger partial charge is 0.118 e. The van der Waals surface area contributed by atoms with Crippen molar-refractivity contribution in [2.24, 2.45) is 0 Å². The second-order valence-electron chi connectivity index (χ2n) is 6.11. The number of rotatable bonds is 11. The number of nitrogens with one attached hydrogen (secondary N) is 2. The van der Waals surface area contributed by atoms with E-state index in [2.05, 4.69) is 34.9 Å². The van der Waals surface area contributed by atoms with Crippen molar-refractivity contribution in [3.8, 4) is 5.75 Å². The molecule has 2 rings (SSSR count). The van der Waals surface area contributed by atoms with Crippen LogP contribution in [0, 0.1) is 0 Å². The molecule has 0 saturated heterocycles. The van der Waals surface area contributed by atoms with Gasteiger partial charge in [-0.25, -0.2) is 0 Å². The van der Waals surface area contributed by atoms with Crippen LogP contribution in [0.15, 0.2) is 59.9 Å². The Morgan fingerprint density at radius 1 is 0.880 bits per heavy atom. The molecule has 4 heteroatoms. The topological polar surface area (TPSA) is 42.5 Å². The van der Waals surface area contributed by atoms with Gasteiger partial charge in [0.05, 0.1) is 14.2 Å². The van der Waals surface area contributed by atoms with Gasteiger partial charge in [-0.1, -0.05) is 29.9 Å². The van der Waals surface area contributed by atoms with Crippen molar-refractivity contribution in [2.45, 2.75) is 25.8 Å². The highest BCUT2D eigenvalue weighted by Crippen LogP contribution is 2.11. The predicted octanol–water partition coefficient (Wildman–Crippen LogP) is 3.57. The van der Waals surface area contributed by atoms with Crippen LogP contribution in [0.2, 0.25) is 0 Å². The number of allylic oxidation sites excluding steroid dienone is 4. The highest BCUT2D eigenvalue weighted by molar-refractivity contribution is 5.28. The van der Waals surface area contributed by atoms with Gasteiger partial charge >= 0.3 is 0 Å². The molecular formula is C21H30N2O2. The zero-order valence-electron chi connectivity index (χ0n) is 15.4. The minimum Gasteiger partial charge on any atom is -0.497 e. The van der Waals surface area contributed by atoms with Gasteiger partial charge in [0.1, 0.15) is 11.5 Å². The molecule has 0 spiro atoms. The Morgan fingerprint density at radius 3 is 2.28 bits per heavy atom. The van der Waals surface area contributed by atoms with Gasteiger partial charge in [0.25, 0.3) is 0 Å². The van der Waals surface area contributed by atoms with Crippen molar-refractivity contribution in [2.75, 3.05) is 33.9 Å². The average Bonchev–Trinajstić information content (AvgIpc) is 2.89. The number of hydrogen-bond donors (Lipinski definition) is 2. The molecule has 0 saturated carbocycles. The molecule has 0 fully saturated rings.